The van der Waals surface area contributed by atoms with Crippen LogP contribution in [0.1, 0.15) is 0 Å². The lowest BCUT2D eigenvalue weighted by atomic mass is 10.2. The molecule has 1 amide bonds. The fourth-order valence-corrected chi connectivity index (χ4v) is 1.37. The van der Waals surface area contributed by atoms with Gasteiger partial charge in [0, 0.05) is 26.7 Å². The van der Waals surface area contributed by atoms with Gasteiger partial charge in [-0.05, 0) is 0 Å². The number of amides is 1. The molecule has 0 spiro atoms. The van der Waals surface area contributed by atoms with Crippen LogP contribution in [-0.2, 0) is 9.53 Å². The van der Waals surface area contributed by atoms with E-state index in [2.05, 4.69) is 5.32 Å². The predicted octanol–water partition coefficient (Wildman–Crippen LogP) is -1.57. The highest BCUT2D eigenvalue weighted by molar-refractivity contribution is 5.80. The number of aliphatic hydroxyl groups is 1. The molecule has 0 aliphatic carbocycles. The van der Waals surface area contributed by atoms with Gasteiger partial charge in [0.05, 0.1) is 13.2 Å². The maximum atomic E-state index is 11.2. The summed E-state index contributed by atoms with van der Waals surface area (Å²) in [7, 11) is 1.59. The molecule has 0 aromatic rings. The zero-order valence-electron chi connectivity index (χ0n) is 7.82. The number of nitrogens with zero attached hydrogens (tertiary/aromatic N) is 1. The van der Waals surface area contributed by atoms with Crippen molar-refractivity contribution in [3.63, 3.8) is 0 Å². The van der Waals surface area contributed by atoms with Gasteiger partial charge in [-0.15, -0.1) is 0 Å². The van der Waals surface area contributed by atoms with Crippen LogP contribution in [0.5, 0.6) is 0 Å². The van der Waals surface area contributed by atoms with E-state index in [-0.39, 0.29) is 18.6 Å². The first kappa shape index (κ1) is 10.4. The maximum absolute atomic E-state index is 11.2. The summed E-state index contributed by atoms with van der Waals surface area (Å²) < 4.78 is 5.27. The molecule has 0 aromatic heterocycles. The Bertz CT molecular complexity index is 173. The van der Waals surface area contributed by atoms with Gasteiger partial charge in [-0.1, -0.05) is 0 Å². The van der Waals surface area contributed by atoms with Crippen molar-refractivity contribution < 1.29 is 14.6 Å². The quantitative estimate of drug-likeness (QED) is 0.561. The zero-order chi connectivity index (χ0) is 9.68. The summed E-state index contributed by atoms with van der Waals surface area (Å²) >= 11 is 0. The van der Waals surface area contributed by atoms with Crippen molar-refractivity contribution in [3.8, 4) is 0 Å². The van der Waals surface area contributed by atoms with E-state index in [1.165, 1.54) is 0 Å². The van der Waals surface area contributed by atoms with E-state index in [1.807, 2.05) is 4.90 Å². The Labute approximate surface area is 77.7 Å². The monoisotopic (exact) mass is 188 g/mol. The van der Waals surface area contributed by atoms with Crippen molar-refractivity contribution in [3.05, 3.63) is 0 Å². The van der Waals surface area contributed by atoms with Gasteiger partial charge in [0.15, 0.2) is 0 Å². The molecule has 0 saturated carbocycles. The highest BCUT2D eigenvalue weighted by Gasteiger charge is 2.25. The van der Waals surface area contributed by atoms with Gasteiger partial charge >= 0.3 is 0 Å². The van der Waals surface area contributed by atoms with Gasteiger partial charge in [-0.2, -0.15) is 0 Å². The first-order valence-corrected chi connectivity index (χ1v) is 4.44. The Kier molecular flexibility index (Phi) is 4.14. The number of nitrogens with one attached hydrogen (secondary N) is 1. The maximum Gasteiger partial charge on any atom is 0.250 e. The Morgan fingerprint density at radius 1 is 1.77 bits per heavy atom. The molecule has 13 heavy (non-hydrogen) atoms. The summed E-state index contributed by atoms with van der Waals surface area (Å²) in [5.74, 6) is -0.0948. The summed E-state index contributed by atoms with van der Waals surface area (Å²) in [6.07, 6.45) is -0.384. The van der Waals surface area contributed by atoms with E-state index >= 15 is 0 Å². The van der Waals surface area contributed by atoms with E-state index in [0.29, 0.717) is 19.7 Å². The molecule has 5 nitrogen and oxygen atoms in total. The van der Waals surface area contributed by atoms with Crippen LogP contribution < -0.4 is 5.32 Å². The van der Waals surface area contributed by atoms with Crippen LogP contribution in [0.25, 0.3) is 0 Å². The van der Waals surface area contributed by atoms with Crippen LogP contribution in [0.15, 0.2) is 0 Å². The lowest BCUT2D eigenvalue weighted by Gasteiger charge is -2.31. The smallest absolute Gasteiger partial charge is 0.250 e. The molecule has 0 radical (unpaired) electrons. The van der Waals surface area contributed by atoms with Gasteiger partial charge < -0.3 is 15.2 Å². The van der Waals surface area contributed by atoms with E-state index in [0.717, 1.165) is 6.54 Å². The highest BCUT2D eigenvalue weighted by atomic mass is 16.5. The van der Waals surface area contributed by atoms with E-state index in [9.17, 15) is 4.79 Å². The van der Waals surface area contributed by atoms with E-state index in [1.54, 1.807) is 7.05 Å². The molecule has 1 aliphatic rings. The lowest BCUT2D eigenvalue weighted by molar-refractivity contribution is -0.138. The van der Waals surface area contributed by atoms with Crippen LogP contribution in [0.4, 0.5) is 0 Å². The van der Waals surface area contributed by atoms with Crippen LogP contribution >= 0.6 is 0 Å². The fraction of sp³-hybridized carbons (Fsp3) is 0.875. The molecular weight excluding hydrogens is 172 g/mol. The third-order valence-corrected chi connectivity index (χ3v) is 2.11. The number of rotatable bonds is 3. The molecule has 0 aromatic carbocycles. The number of carbonyl (C=O) groups excluding carboxylic acids is 1. The average Bonchev–Trinajstić information content (AvgIpc) is 2.18. The van der Waals surface area contributed by atoms with Gasteiger partial charge in [-0.25, -0.2) is 0 Å². The molecule has 1 atom stereocenters. The minimum atomic E-state index is -0.384. The Morgan fingerprint density at radius 2 is 2.54 bits per heavy atom. The molecule has 5 heteroatoms. The molecule has 1 rings (SSSR count). The molecular formula is C8H16N2O3. The summed E-state index contributed by atoms with van der Waals surface area (Å²) in [5.41, 5.74) is 0. The molecule has 1 aliphatic heterocycles. The second kappa shape index (κ2) is 5.16. The first-order chi connectivity index (χ1) is 6.27. The summed E-state index contributed by atoms with van der Waals surface area (Å²) in [4.78, 5) is 13.2. The standard InChI is InChI=1S/C8H16N2O3/c1-9-8(12)7-6-10(2-4-11)3-5-13-7/h7,11H,2-6H2,1H3,(H,9,12). The molecule has 2 N–H and O–H groups in total. The fourth-order valence-electron chi connectivity index (χ4n) is 1.37. The van der Waals surface area contributed by atoms with Crippen molar-refractivity contribution in [2.45, 2.75) is 6.10 Å². The Hall–Kier alpha value is -0.650. The molecule has 1 saturated heterocycles. The first-order valence-electron chi connectivity index (χ1n) is 4.44. The van der Waals surface area contributed by atoms with Crippen LogP contribution in [0.3, 0.4) is 0 Å². The van der Waals surface area contributed by atoms with Gasteiger partial charge in [-0.3, -0.25) is 9.69 Å². The third-order valence-electron chi connectivity index (χ3n) is 2.11. The molecule has 1 unspecified atom stereocenters. The molecule has 76 valence electrons. The summed E-state index contributed by atoms with van der Waals surface area (Å²) in [5, 5.41) is 11.3. The number of likely N-dealkylation sites (N-methyl/N-ethyl adjacent to an activating group) is 1. The number of morpholine rings is 1. The Morgan fingerprint density at radius 3 is 3.15 bits per heavy atom. The summed E-state index contributed by atoms with van der Waals surface area (Å²) in [6, 6.07) is 0. The minimum absolute atomic E-state index is 0.0948. The van der Waals surface area contributed by atoms with Crippen molar-refractivity contribution in [1.82, 2.24) is 10.2 Å². The zero-order valence-corrected chi connectivity index (χ0v) is 7.82. The largest absolute Gasteiger partial charge is 0.395 e. The number of aliphatic hydroxyl groups excluding tert-OH is 1. The summed E-state index contributed by atoms with van der Waals surface area (Å²) in [6.45, 7) is 2.64. The minimum Gasteiger partial charge on any atom is -0.395 e. The van der Waals surface area contributed by atoms with Gasteiger partial charge in [0.2, 0.25) is 5.91 Å². The Balaban J connectivity index is 2.37. The number of hydrogen-bond acceptors (Lipinski definition) is 4. The third kappa shape index (κ3) is 2.95. The normalized spacial score (nSPS) is 24.3. The number of carbonyl (C=O) groups is 1. The van der Waals surface area contributed by atoms with Crippen molar-refractivity contribution in [1.29, 1.82) is 0 Å². The van der Waals surface area contributed by atoms with Crippen LogP contribution in [0.2, 0.25) is 0 Å². The van der Waals surface area contributed by atoms with Gasteiger partial charge in [0.1, 0.15) is 6.10 Å². The number of ether oxygens (including phenoxy) is 1. The van der Waals surface area contributed by atoms with Gasteiger partial charge in [0.25, 0.3) is 0 Å². The van der Waals surface area contributed by atoms with E-state index < -0.39 is 0 Å². The van der Waals surface area contributed by atoms with Crippen molar-refractivity contribution >= 4 is 5.91 Å². The SMILES string of the molecule is CNC(=O)C1CN(CCO)CCO1. The highest BCUT2D eigenvalue weighted by Crippen LogP contribution is 2.04. The molecule has 0 bridgehead atoms. The van der Waals surface area contributed by atoms with Crippen LogP contribution in [0, 0.1) is 0 Å². The van der Waals surface area contributed by atoms with Crippen molar-refractivity contribution in [2.24, 2.45) is 0 Å². The van der Waals surface area contributed by atoms with Crippen LogP contribution in [-0.4, -0.2) is 61.9 Å². The lowest BCUT2D eigenvalue weighted by Crippen LogP contribution is -2.49. The second-order valence-corrected chi connectivity index (χ2v) is 3.00. The molecule has 1 heterocycles. The number of β-amino-alcohol motifs (C(OH)–C–C–N with tert-alkyl or cyclic N) is 1. The van der Waals surface area contributed by atoms with E-state index in [4.69, 9.17) is 9.84 Å². The predicted molar refractivity (Wildman–Crippen MR) is 47.3 cm³/mol. The number of hydrogen-bond donors (Lipinski definition) is 2. The molecule has 1 fully saturated rings. The average molecular weight is 188 g/mol. The van der Waals surface area contributed by atoms with Crippen molar-refractivity contribution in [2.75, 3.05) is 39.9 Å². The topological polar surface area (TPSA) is 61.8 Å². The second-order valence-electron chi connectivity index (χ2n) is 3.00.